The third-order valence-electron chi connectivity index (χ3n) is 5.05. The lowest BCUT2D eigenvalue weighted by Gasteiger charge is -2.32. The second-order valence-corrected chi connectivity index (χ2v) is 9.53. The Bertz CT molecular complexity index is 638. The van der Waals surface area contributed by atoms with Gasteiger partial charge in [0.2, 0.25) is 0 Å². The molecule has 2 fully saturated rings. The number of nitrogens with zero attached hydrogens (tertiary/aromatic N) is 2. The molecule has 8 heteroatoms. The average molecular weight is 326 g/mol. The maximum Gasteiger partial charge on any atom is 0.498 e. The van der Waals surface area contributed by atoms with Gasteiger partial charge >= 0.3 is 7.12 Å². The van der Waals surface area contributed by atoms with Crippen molar-refractivity contribution in [3.63, 3.8) is 0 Å². The van der Waals surface area contributed by atoms with E-state index in [0.717, 1.165) is 5.46 Å². The fourth-order valence-corrected chi connectivity index (χ4v) is 4.26. The molecule has 0 bridgehead atoms. The molecular formula is C14H23BN2O4S. The smallest absolute Gasteiger partial charge is 0.399 e. The standard InChI is InChI=1S/C14H23BN2O4S/c1-13(2)14(3,4)21-15(20-13)11-9-16-17(10-11)12-5-7-22(18,19)8-6-12/h9-10,12H,5-8H2,1-4H3. The average Bonchev–Trinajstić information content (AvgIpc) is 2.93. The molecule has 0 unspecified atom stereocenters. The predicted molar refractivity (Wildman–Crippen MR) is 84.9 cm³/mol. The highest BCUT2D eigenvalue weighted by Gasteiger charge is 2.52. The van der Waals surface area contributed by atoms with Crippen molar-refractivity contribution in [3.05, 3.63) is 12.4 Å². The van der Waals surface area contributed by atoms with Gasteiger partial charge in [0, 0.05) is 17.9 Å². The van der Waals surface area contributed by atoms with Gasteiger partial charge in [0.15, 0.2) is 0 Å². The first-order valence-corrected chi connectivity index (χ1v) is 9.52. The Morgan fingerprint density at radius 2 is 1.73 bits per heavy atom. The fraction of sp³-hybridized carbons (Fsp3) is 0.786. The number of hydrogen-bond acceptors (Lipinski definition) is 5. The Kier molecular flexibility index (Phi) is 3.69. The van der Waals surface area contributed by atoms with Crippen molar-refractivity contribution in [2.45, 2.75) is 57.8 Å². The summed E-state index contributed by atoms with van der Waals surface area (Å²) < 4.78 is 36.9. The summed E-state index contributed by atoms with van der Waals surface area (Å²) in [4.78, 5) is 0. The van der Waals surface area contributed by atoms with E-state index in [2.05, 4.69) is 5.10 Å². The number of hydrogen-bond donors (Lipinski definition) is 0. The van der Waals surface area contributed by atoms with Crippen LogP contribution in [0.15, 0.2) is 12.4 Å². The Morgan fingerprint density at radius 1 is 1.18 bits per heavy atom. The van der Waals surface area contributed by atoms with Gasteiger partial charge in [-0.1, -0.05) is 0 Å². The number of aromatic nitrogens is 2. The minimum Gasteiger partial charge on any atom is -0.399 e. The first kappa shape index (κ1) is 16.0. The molecule has 2 saturated heterocycles. The molecule has 0 aliphatic carbocycles. The first-order chi connectivity index (χ1) is 10.1. The predicted octanol–water partition coefficient (Wildman–Crippen LogP) is 0.932. The molecule has 0 N–H and O–H groups in total. The van der Waals surface area contributed by atoms with Crippen molar-refractivity contribution in [1.29, 1.82) is 0 Å². The second-order valence-electron chi connectivity index (χ2n) is 7.22. The molecule has 0 radical (unpaired) electrons. The Morgan fingerprint density at radius 3 is 2.27 bits per heavy atom. The van der Waals surface area contributed by atoms with Crippen molar-refractivity contribution in [3.8, 4) is 0 Å². The van der Waals surface area contributed by atoms with Crippen molar-refractivity contribution >= 4 is 22.4 Å². The fourth-order valence-electron chi connectivity index (χ4n) is 2.80. The van der Waals surface area contributed by atoms with Crippen LogP contribution in [-0.4, -0.2) is 48.0 Å². The lowest BCUT2D eigenvalue weighted by atomic mass is 9.82. The van der Waals surface area contributed by atoms with E-state index in [9.17, 15) is 8.42 Å². The van der Waals surface area contributed by atoms with Crippen LogP contribution in [0.3, 0.4) is 0 Å². The summed E-state index contributed by atoms with van der Waals surface area (Å²) in [5, 5.41) is 4.39. The van der Waals surface area contributed by atoms with E-state index in [1.165, 1.54) is 0 Å². The molecule has 0 saturated carbocycles. The van der Waals surface area contributed by atoms with Gasteiger partial charge in [-0.2, -0.15) is 5.10 Å². The van der Waals surface area contributed by atoms with Crippen LogP contribution in [0.5, 0.6) is 0 Å². The molecule has 22 heavy (non-hydrogen) atoms. The molecule has 3 heterocycles. The highest BCUT2D eigenvalue weighted by atomic mass is 32.2. The van der Waals surface area contributed by atoms with Crippen LogP contribution >= 0.6 is 0 Å². The van der Waals surface area contributed by atoms with Crippen molar-refractivity contribution in [2.75, 3.05) is 11.5 Å². The van der Waals surface area contributed by atoms with Gasteiger partial charge in [-0.15, -0.1) is 0 Å². The van der Waals surface area contributed by atoms with Gasteiger partial charge in [-0.05, 0) is 40.5 Å². The van der Waals surface area contributed by atoms with Gasteiger partial charge < -0.3 is 9.31 Å². The van der Waals surface area contributed by atoms with Gasteiger partial charge in [-0.3, -0.25) is 4.68 Å². The maximum atomic E-state index is 11.5. The van der Waals surface area contributed by atoms with Crippen molar-refractivity contribution < 1.29 is 17.7 Å². The summed E-state index contributed by atoms with van der Waals surface area (Å²) in [7, 11) is -3.28. The highest BCUT2D eigenvalue weighted by molar-refractivity contribution is 7.91. The zero-order valence-electron chi connectivity index (χ0n) is 13.6. The number of sulfone groups is 1. The maximum absolute atomic E-state index is 11.5. The molecule has 3 rings (SSSR count). The zero-order valence-corrected chi connectivity index (χ0v) is 14.4. The number of rotatable bonds is 2. The molecule has 1 aromatic heterocycles. The molecule has 2 aliphatic heterocycles. The third kappa shape index (κ3) is 2.84. The van der Waals surface area contributed by atoms with E-state index in [4.69, 9.17) is 9.31 Å². The third-order valence-corrected chi connectivity index (χ3v) is 6.76. The molecule has 0 atom stereocenters. The molecular weight excluding hydrogens is 303 g/mol. The molecule has 6 nitrogen and oxygen atoms in total. The van der Waals surface area contributed by atoms with Gasteiger partial charge in [0.1, 0.15) is 9.84 Å². The summed E-state index contributed by atoms with van der Waals surface area (Å²) in [6, 6.07) is 0.139. The van der Waals surface area contributed by atoms with Crippen LogP contribution < -0.4 is 5.46 Å². The van der Waals surface area contributed by atoms with Crippen molar-refractivity contribution in [2.24, 2.45) is 0 Å². The van der Waals surface area contributed by atoms with E-state index in [0.29, 0.717) is 12.8 Å². The molecule has 0 spiro atoms. The summed E-state index contributed by atoms with van der Waals surface area (Å²) >= 11 is 0. The van der Waals surface area contributed by atoms with Gasteiger partial charge in [-0.25, -0.2) is 8.42 Å². The normalized spacial score (nSPS) is 27.2. The van der Waals surface area contributed by atoms with E-state index in [-0.39, 0.29) is 28.7 Å². The second kappa shape index (κ2) is 5.07. The van der Waals surface area contributed by atoms with Gasteiger partial charge in [0.25, 0.3) is 0 Å². The quantitative estimate of drug-likeness (QED) is 0.756. The summed E-state index contributed by atoms with van der Waals surface area (Å²) in [5.74, 6) is 0.479. The van der Waals surface area contributed by atoms with Crippen LogP contribution in [0, 0.1) is 0 Å². The first-order valence-electron chi connectivity index (χ1n) is 7.70. The SMILES string of the molecule is CC1(C)OB(c2cnn(C3CCS(=O)(=O)CC3)c2)OC1(C)C. The molecule has 1 aromatic rings. The summed E-state index contributed by atoms with van der Waals surface area (Å²) in [6.45, 7) is 8.07. The van der Waals surface area contributed by atoms with Crippen molar-refractivity contribution in [1.82, 2.24) is 9.78 Å². The van der Waals surface area contributed by atoms with Gasteiger partial charge in [0.05, 0.1) is 28.7 Å². The summed E-state index contributed by atoms with van der Waals surface area (Å²) in [6.07, 6.45) is 4.91. The monoisotopic (exact) mass is 326 g/mol. The van der Waals surface area contributed by atoms with Crippen LogP contribution in [-0.2, 0) is 19.1 Å². The minimum absolute atomic E-state index is 0.139. The van der Waals surface area contributed by atoms with E-state index < -0.39 is 17.0 Å². The lowest BCUT2D eigenvalue weighted by molar-refractivity contribution is 0.00578. The van der Waals surface area contributed by atoms with Crippen LogP contribution in [0.25, 0.3) is 0 Å². The Hall–Kier alpha value is -0.855. The zero-order chi connectivity index (χ0) is 16.2. The lowest BCUT2D eigenvalue weighted by Crippen LogP contribution is -2.41. The Balaban J connectivity index is 1.73. The van der Waals surface area contributed by atoms with Crippen LogP contribution in [0.1, 0.15) is 46.6 Å². The van der Waals surface area contributed by atoms with E-state index >= 15 is 0 Å². The molecule has 2 aliphatic rings. The topological polar surface area (TPSA) is 70.4 Å². The molecule has 0 amide bonds. The highest BCUT2D eigenvalue weighted by Crippen LogP contribution is 2.36. The van der Waals surface area contributed by atoms with E-state index in [1.807, 2.05) is 38.6 Å². The summed E-state index contributed by atoms with van der Waals surface area (Å²) in [5.41, 5.74) is 0.129. The molecule has 122 valence electrons. The Labute approximate surface area is 132 Å². The van der Waals surface area contributed by atoms with Crippen LogP contribution in [0.2, 0.25) is 0 Å². The van der Waals surface area contributed by atoms with Crippen LogP contribution in [0.4, 0.5) is 0 Å². The minimum atomic E-state index is -2.85. The van der Waals surface area contributed by atoms with E-state index in [1.54, 1.807) is 6.20 Å². The largest absolute Gasteiger partial charge is 0.498 e. The molecule has 0 aromatic carbocycles.